The van der Waals surface area contributed by atoms with E-state index in [0.29, 0.717) is 17.8 Å². The third-order valence-electron chi connectivity index (χ3n) is 6.03. The van der Waals surface area contributed by atoms with Crippen molar-refractivity contribution >= 4 is 0 Å². The largest absolute Gasteiger partial charge is 0.307 e. The first-order valence-corrected chi connectivity index (χ1v) is 10.6. The van der Waals surface area contributed by atoms with Gasteiger partial charge in [0.05, 0.1) is 5.69 Å². The van der Waals surface area contributed by atoms with Crippen LogP contribution < -0.4 is 5.56 Å². The van der Waals surface area contributed by atoms with E-state index < -0.39 is 0 Å². The Kier molecular flexibility index (Phi) is 4.98. The standard InChI is InChI=1S/C24H26N4O/c29-23-14-21(18-9-10-18)26-24(27-23)19-6-3-5-17(13-19)16-28-12-2-1-8-22(28)20-7-4-11-25-15-20/h3-7,11,13-15,18,22H,1-2,8-10,12,16H2,(H,26,27,29). The molecule has 1 aromatic carbocycles. The SMILES string of the molecule is O=c1cc(C2CC2)nc(-c2cccc(CN3CCCCC3c3cccnc3)c2)[nH]1. The number of rotatable bonds is 5. The summed E-state index contributed by atoms with van der Waals surface area (Å²) in [5, 5.41) is 0. The van der Waals surface area contributed by atoms with Gasteiger partial charge in [0.2, 0.25) is 0 Å². The Labute approximate surface area is 170 Å². The number of pyridine rings is 1. The van der Waals surface area contributed by atoms with Crippen molar-refractivity contribution < 1.29 is 0 Å². The van der Waals surface area contributed by atoms with Gasteiger partial charge in [-0.3, -0.25) is 14.7 Å². The average Bonchev–Trinajstić information content (AvgIpc) is 3.60. The van der Waals surface area contributed by atoms with Gasteiger partial charge >= 0.3 is 0 Å². The zero-order chi connectivity index (χ0) is 19.6. The number of benzene rings is 1. The minimum absolute atomic E-state index is 0.0602. The molecule has 2 aliphatic rings. The molecule has 1 unspecified atom stereocenters. The molecule has 1 saturated carbocycles. The number of nitrogens with one attached hydrogen (secondary N) is 1. The van der Waals surface area contributed by atoms with Crippen molar-refractivity contribution in [1.29, 1.82) is 0 Å². The van der Waals surface area contributed by atoms with Crippen LogP contribution in [-0.2, 0) is 6.54 Å². The van der Waals surface area contributed by atoms with E-state index in [1.807, 2.05) is 24.5 Å². The Morgan fingerprint density at radius 2 is 2.00 bits per heavy atom. The van der Waals surface area contributed by atoms with E-state index in [-0.39, 0.29) is 5.56 Å². The lowest BCUT2D eigenvalue weighted by Crippen LogP contribution is -2.33. The van der Waals surface area contributed by atoms with Crippen LogP contribution in [0.25, 0.3) is 11.4 Å². The zero-order valence-corrected chi connectivity index (χ0v) is 16.6. The highest BCUT2D eigenvalue weighted by atomic mass is 16.1. The molecule has 148 valence electrons. The number of likely N-dealkylation sites (tertiary alicyclic amines) is 1. The van der Waals surface area contributed by atoms with Gasteiger partial charge in [-0.1, -0.05) is 30.7 Å². The molecule has 1 atom stereocenters. The van der Waals surface area contributed by atoms with Gasteiger partial charge in [0.1, 0.15) is 5.82 Å². The van der Waals surface area contributed by atoms with E-state index >= 15 is 0 Å². The van der Waals surface area contributed by atoms with Crippen LogP contribution in [0.4, 0.5) is 0 Å². The smallest absolute Gasteiger partial charge is 0.251 e. The van der Waals surface area contributed by atoms with Crippen molar-refractivity contribution in [1.82, 2.24) is 19.9 Å². The van der Waals surface area contributed by atoms with Crippen LogP contribution in [0.15, 0.2) is 59.7 Å². The summed E-state index contributed by atoms with van der Waals surface area (Å²) < 4.78 is 0. The molecule has 29 heavy (non-hydrogen) atoms. The molecule has 0 amide bonds. The zero-order valence-electron chi connectivity index (χ0n) is 16.6. The maximum absolute atomic E-state index is 12.1. The van der Waals surface area contributed by atoms with Crippen LogP contribution in [0.1, 0.15) is 60.9 Å². The van der Waals surface area contributed by atoms with Crippen molar-refractivity contribution in [2.24, 2.45) is 0 Å². The number of aromatic amines is 1. The predicted octanol–water partition coefficient (Wildman–Crippen LogP) is 4.44. The highest BCUT2D eigenvalue weighted by molar-refractivity contribution is 5.56. The quantitative estimate of drug-likeness (QED) is 0.704. The molecule has 2 aromatic heterocycles. The molecular weight excluding hydrogens is 360 g/mol. The van der Waals surface area contributed by atoms with Gasteiger partial charge in [-0.15, -0.1) is 0 Å². The van der Waals surface area contributed by atoms with E-state index in [0.717, 1.165) is 37.2 Å². The molecule has 0 spiro atoms. The predicted molar refractivity (Wildman–Crippen MR) is 114 cm³/mol. The van der Waals surface area contributed by atoms with Gasteiger partial charge in [0.15, 0.2) is 0 Å². The Balaban J connectivity index is 1.40. The summed E-state index contributed by atoms with van der Waals surface area (Å²) in [6.07, 6.45) is 9.77. The molecule has 1 saturated heterocycles. The average molecular weight is 386 g/mol. The van der Waals surface area contributed by atoms with Crippen molar-refractivity contribution in [3.05, 3.63) is 82.0 Å². The second-order valence-corrected chi connectivity index (χ2v) is 8.26. The van der Waals surface area contributed by atoms with Crippen LogP contribution in [0, 0.1) is 0 Å². The first-order chi connectivity index (χ1) is 14.3. The monoisotopic (exact) mass is 386 g/mol. The number of aromatic nitrogens is 3. The van der Waals surface area contributed by atoms with Crippen LogP contribution >= 0.6 is 0 Å². The summed E-state index contributed by atoms with van der Waals surface area (Å²) in [7, 11) is 0. The van der Waals surface area contributed by atoms with E-state index in [2.05, 4.69) is 39.1 Å². The van der Waals surface area contributed by atoms with Gasteiger partial charge in [-0.05, 0) is 55.5 Å². The number of nitrogens with zero attached hydrogens (tertiary/aromatic N) is 3. The Bertz CT molecular complexity index is 1040. The van der Waals surface area contributed by atoms with Gasteiger partial charge < -0.3 is 4.98 Å². The molecule has 2 fully saturated rings. The lowest BCUT2D eigenvalue weighted by molar-refractivity contribution is 0.140. The van der Waals surface area contributed by atoms with E-state index in [1.165, 1.54) is 30.4 Å². The summed E-state index contributed by atoms with van der Waals surface area (Å²) >= 11 is 0. The Morgan fingerprint density at radius 3 is 2.83 bits per heavy atom. The molecular formula is C24H26N4O. The van der Waals surface area contributed by atoms with E-state index in [9.17, 15) is 4.79 Å². The number of hydrogen-bond acceptors (Lipinski definition) is 4. The minimum Gasteiger partial charge on any atom is -0.307 e. The number of H-pyrrole nitrogens is 1. The summed E-state index contributed by atoms with van der Waals surface area (Å²) in [5.41, 5.74) is 4.40. The molecule has 5 heteroatoms. The maximum atomic E-state index is 12.1. The van der Waals surface area contributed by atoms with Crippen LogP contribution in [0.3, 0.4) is 0 Å². The van der Waals surface area contributed by atoms with E-state index in [4.69, 9.17) is 4.98 Å². The van der Waals surface area contributed by atoms with Gasteiger partial charge in [-0.25, -0.2) is 4.98 Å². The molecule has 3 heterocycles. The van der Waals surface area contributed by atoms with Crippen LogP contribution in [-0.4, -0.2) is 26.4 Å². The fraction of sp³-hybridized carbons (Fsp3) is 0.375. The Hall–Kier alpha value is -2.79. The van der Waals surface area contributed by atoms with Gasteiger partial charge in [-0.2, -0.15) is 0 Å². The molecule has 5 nitrogen and oxygen atoms in total. The molecule has 1 aliphatic heterocycles. The fourth-order valence-corrected chi connectivity index (χ4v) is 4.38. The van der Waals surface area contributed by atoms with Gasteiger partial charge in [0, 0.05) is 42.5 Å². The summed E-state index contributed by atoms with van der Waals surface area (Å²) in [4.78, 5) is 26.6. The molecule has 0 bridgehead atoms. The summed E-state index contributed by atoms with van der Waals surface area (Å²) in [6, 6.07) is 14.7. The second-order valence-electron chi connectivity index (χ2n) is 8.26. The van der Waals surface area contributed by atoms with Crippen molar-refractivity contribution in [3.63, 3.8) is 0 Å². The van der Waals surface area contributed by atoms with Crippen LogP contribution in [0.5, 0.6) is 0 Å². The first kappa shape index (κ1) is 18.3. The summed E-state index contributed by atoms with van der Waals surface area (Å²) in [6.45, 7) is 1.98. The third kappa shape index (κ3) is 4.15. The minimum atomic E-state index is -0.0602. The second kappa shape index (κ2) is 7.91. The molecule has 1 N–H and O–H groups in total. The lowest BCUT2D eigenvalue weighted by Gasteiger charge is -2.36. The lowest BCUT2D eigenvalue weighted by atomic mass is 9.95. The molecule has 5 rings (SSSR count). The van der Waals surface area contributed by atoms with Gasteiger partial charge in [0.25, 0.3) is 5.56 Å². The topological polar surface area (TPSA) is 61.9 Å². The molecule has 0 radical (unpaired) electrons. The fourth-order valence-electron chi connectivity index (χ4n) is 4.38. The van der Waals surface area contributed by atoms with Crippen molar-refractivity contribution in [3.8, 4) is 11.4 Å². The molecule has 3 aromatic rings. The normalized spacial score (nSPS) is 19.9. The van der Waals surface area contributed by atoms with Crippen molar-refractivity contribution in [2.75, 3.05) is 6.54 Å². The first-order valence-electron chi connectivity index (χ1n) is 10.6. The maximum Gasteiger partial charge on any atom is 0.251 e. The van der Waals surface area contributed by atoms with Crippen molar-refractivity contribution in [2.45, 2.75) is 50.6 Å². The highest BCUT2D eigenvalue weighted by Gasteiger charge is 2.26. The third-order valence-corrected chi connectivity index (χ3v) is 6.03. The summed E-state index contributed by atoms with van der Waals surface area (Å²) in [5.74, 6) is 1.15. The highest BCUT2D eigenvalue weighted by Crippen LogP contribution is 2.39. The van der Waals surface area contributed by atoms with Crippen LogP contribution in [0.2, 0.25) is 0 Å². The molecule has 1 aliphatic carbocycles. The number of piperidine rings is 1. The Morgan fingerprint density at radius 1 is 1.07 bits per heavy atom. The number of hydrogen-bond donors (Lipinski definition) is 1. The van der Waals surface area contributed by atoms with E-state index in [1.54, 1.807) is 6.07 Å².